The molecule has 1 aromatic heterocycles. The van der Waals surface area contributed by atoms with Gasteiger partial charge in [0, 0.05) is 28.1 Å². The van der Waals surface area contributed by atoms with Gasteiger partial charge in [0.1, 0.15) is 0 Å². The predicted octanol–water partition coefficient (Wildman–Crippen LogP) is 6.16. The normalized spacial score (nSPS) is 15.8. The molecule has 0 bridgehead atoms. The van der Waals surface area contributed by atoms with Crippen LogP contribution in [0.3, 0.4) is 0 Å². The van der Waals surface area contributed by atoms with Gasteiger partial charge in [-0.15, -0.1) is 11.3 Å². The number of unbranched alkanes of at least 4 members (excludes halogenated alkanes) is 1. The number of aryl methyl sites for hydroxylation is 1. The van der Waals surface area contributed by atoms with Gasteiger partial charge >= 0.3 is 0 Å². The fourth-order valence-electron chi connectivity index (χ4n) is 3.48. The molecule has 2 aromatic carbocycles. The quantitative estimate of drug-likeness (QED) is 0.452. The summed E-state index contributed by atoms with van der Waals surface area (Å²) in [5.74, 6) is 0. The summed E-state index contributed by atoms with van der Waals surface area (Å²) in [7, 11) is 0. The molecule has 0 saturated heterocycles. The van der Waals surface area contributed by atoms with Crippen molar-refractivity contribution in [2.45, 2.75) is 39.0 Å². The Kier molecular flexibility index (Phi) is 6.08. The first-order chi connectivity index (χ1) is 13.8. The molecule has 0 spiro atoms. The average Bonchev–Trinajstić information content (AvgIpc) is 3.12. The second kappa shape index (κ2) is 8.89. The lowest BCUT2D eigenvalue weighted by atomic mass is 9.90. The fourth-order valence-corrected chi connectivity index (χ4v) is 4.47. The number of nitrogens with zero attached hydrogens (tertiary/aromatic N) is 3. The van der Waals surface area contributed by atoms with Crippen molar-refractivity contribution in [2.75, 3.05) is 6.54 Å². The molecule has 4 rings (SSSR count). The molecule has 1 aliphatic rings. The highest BCUT2D eigenvalue weighted by Crippen LogP contribution is 2.25. The number of aromatic nitrogens is 1. The number of halogens is 1. The molecular formula is C23H24ClN3S. The van der Waals surface area contributed by atoms with E-state index in [0.717, 1.165) is 65.4 Å². The third-order valence-electron chi connectivity index (χ3n) is 4.99. The molecule has 0 saturated carbocycles. The zero-order chi connectivity index (χ0) is 19.3. The number of fused-ring (bicyclic) bond motifs is 1. The molecule has 1 heterocycles. The summed E-state index contributed by atoms with van der Waals surface area (Å²) in [6, 6.07) is 16.6. The van der Waals surface area contributed by atoms with E-state index in [9.17, 15) is 0 Å². The SMILES string of the molecule is CCCCN=c1scc(-c2ccc(Cl)cc2)n1/N=C1/CCCc2ccccc21. The summed E-state index contributed by atoms with van der Waals surface area (Å²) >= 11 is 7.74. The fraction of sp³-hybridized carbons (Fsp3) is 0.304. The monoisotopic (exact) mass is 409 g/mol. The van der Waals surface area contributed by atoms with Crippen LogP contribution in [-0.2, 0) is 6.42 Å². The van der Waals surface area contributed by atoms with Crippen molar-refractivity contribution >= 4 is 28.6 Å². The first-order valence-corrected chi connectivity index (χ1v) is 11.1. The maximum absolute atomic E-state index is 6.09. The summed E-state index contributed by atoms with van der Waals surface area (Å²) in [6.07, 6.45) is 5.49. The average molecular weight is 410 g/mol. The van der Waals surface area contributed by atoms with Crippen LogP contribution in [0, 0.1) is 0 Å². The van der Waals surface area contributed by atoms with Crippen LogP contribution in [0.1, 0.15) is 43.7 Å². The molecule has 0 atom stereocenters. The third-order valence-corrected chi connectivity index (χ3v) is 6.10. The van der Waals surface area contributed by atoms with Crippen molar-refractivity contribution in [1.82, 2.24) is 4.68 Å². The van der Waals surface area contributed by atoms with Gasteiger partial charge in [0.05, 0.1) is 11.4 Å². The summed E-state index contributed by atoms with van der Waals surface area (Å²) in [5.41, 5.74) is 5.97. The van der Waals surface area contributed by atoms with Gasteiger partial charge in [0.25, 0.3) is 0 Å². The molecule has 0 radical (unpaired) electrons. The Labute approximate surface area is 175 Å². The van der Waals surface area contributed by atoms with Crippen LogP contribution in [0.4, 0.5) is 0 Å². The van der Waals surface area contributed by atoms with Crippen LogP contribution in [0.25, 0.3) is 11.3 Å². The molecule has 3 aromatic rings. The van der Waals surface area contributed by atoms with E-state index in [2.05, 4.69) is 36.6 Å². The Hall–Kier alpha value is -2.17. The van der Waals surface area contributed by atoms with Gasteiger partial charge in [-0.1, -0.05) is 61.3 Å². The van der Waals surface area contributed by atoms with Crippen molar-refractivity contribution < 1.29 is 0 Å². The highest BCUT2D eigenvalue weighted by Gasteiger charge is 2.16. The van der Waals surface area contributed by atoms with Crippen molar-refractivity contribution in [2.24, 2.45) is 10.1 Å². The topological polar surface area (TPSA) is 29.6 Å². The van der Waals surface area contributed by atoms with Crippen LogP contribution in [-0.4, -0.2) is 16.9 Å². The molecule has 0 N–H and O–H groups in total. The predicted molar refractivity (Wildman–Crippen MR) is 119 cm³/mol. The maximum atomic E-state index is 6.09. The standard InChI is InChI=1S/C23H24ClN3S/c1-2-3-15-25-23-27(22(16-28-23)18-11-13-19(24)14-12-18)26-21-10-6-8-17-7-4-5-9-20(17)21/h4-5,7,9,11-14,16H,2-3,6,8,10,15H2,1H3/b25-23?,26-21-. The maximum Gasteiger partial charge on any atom is 0.206 e. The van der Waals surface area contributed by atoms with Gasteiger partial charge in [-0.2, -0.15) is 5.10 Å². The van der Waals surface area contributed by atoms with Gasteiger partial charge in [-0.25, -0.2) is 4.68 Å². The van der Waals surface area contributed by atoms with E-state index in [4.69, 9.17) is 21.7 Å². The van der Waals surface area contributed by atoms with Crippen molar-refractivity contribution in [3.8, 4) is 11.3 Å². The Morgan fingerprint density at radius 1 is 1.07 bits per heavy atom. The van der Waals surface area contributed by atoms with Gasteiger partial charge in [0.15, 0.2) is 0 Å². The molecular weight excluding hydrogens is 386 g/mol. The van der Waals surface area contributed by atoms with Crippen LogP contribution in [0.15, 0.2) is 64.0 Å². The Morgan fingerprint density at radius 2 is 1.89 bits per heavy atom. The number of hydrogen-bond acceptors (Lipinski definition) is 3. The highest BCUT2D eigenvalue weighted by atomic mass is 35.5. The minimum atomic E-state index is 0.742. The number of rotatable bonds is 5. The highest BCUT2D eigenvalue weighted by molar-refractivity contribution is 7.07. The minimum absolute atomic E-state index is 0.742. The van der Waals surface area contributed by atoms with E-state index >= 15 is 0 Å². The van der Waals surface area contributed by atoms with Crippen LogP contribution in [0.5, 0.6) is 0 Å². The van der Waals surface area contributed by atoms with Crippen LogP contribution >= 0.6 is 22.9 Å². The zero-order valence-electron chi connectivity index (χ0n) is 16.1. The smallest absolute Gasteiger partial charge is 0.206 e. The Morgan fingerprint density at radius 3 is 2.71 bits per heavy atom. The molecule has 28 heavy (non-hydrogen) atoms. The van der Waals surface area contributed by atoms with E-state index < -0.39 is 0 Å². The summed E-state index contributed by atoms with van der Waals surface area (Å²) in [6.45, 7) is 3.02. The van der Waals surface area contributed by atoms with Gasteiger partial charge in [0.2, 0.25) is 4.80 Å². The van der Waals surface area contributed by atoms with Gasteiger partial charge in [-0.05, 0) is 43.4 Å². The molecule has 3 nitrogen and oxygen atoms in total. The summed E-state index contributed by atoms with van der Waals surface area (Å²) < 4.78 is 2.03. The van der Waals surface area contributed by atoms with Crippen LogP contribution in [0.2, 0.25) is 5.02 Å². The molecule has 0 amide bonds. The first kappa shape index (κ1) is 19.2. The van der Waals surface area contributed by atoms with E-state index in [0.29, 0.717) is 0 Å². The molecule has 0 fully saturated rings. The zero-order valence-corrected chi connectivity index (χ0v) is 17.6. The Balaban J connectivity index is 1.83. The van der Waals surface area contributed by atoms with E-state index in [1.54, 1.807) is 11.3 Å². The number of hydrogen-bond donors (Lipinski definition) is 0. The molecule has 144 valence electrons. The Bertz CT molecular complexity index is 1040. The second-order valence-electron chi connectivity index (χ2n) is 7.01. The van der Waals surface area contributed by atoms with Crippen molar-refractivity contribution in [3.05, 3.63) is 74.9 Å². The lowest BCUT2D eigenvalue weighted by molar-refractivity contribution is 0.755. The number of thiazole rings is 1. The van der Waals surface area contributed by atoms with E-state index in [1.165, 1.54) is 11.1 Å². The van der Waals surface area contributed by atoms with E-state index in [-0.39, 0.29) is 0 Å². The van der Waals surface area contributed by atoms with Gasteiger partial charge in [-0.3, -0.25) is 4.99 Å². The first-order valence-electron chi connectivity index (χ1n) is 9.89. The van der Waals surface area contributed by atoms with Crippen LogP contribution < -0.4 is 4.80 Å². The summed E-state index contributed by atoms with van der Waals surface area (Å²) in [5, 5.41) is 8.00. The third kappa shape index (κ3) is 4.13. The molecule has 0 unspecified atom stereocenters. The molecule has 0 aliphatic heterocycles. The van der Waals surface area contributed by atoms with E-state index in [1.807, 2.05) is 28.9 Å². The largest absolute Gasteiger partial charge is 0.257 e. The van der Waals surface area contributed by atoms with Crippen molar-refractivity contribution in [1.29, 1.82) is 0 Å². The van der Waals surface area contributed by atoms with Gasteiger partial charge < -0.3 is 0 Å². The summed E-state index contributed by atoms with van der Waals surface area (Å²) in [4.78, 5) is 5.78. The molecule has 1 aliphatic carbocycles. The molecule has 5 heteroatoms. The minimum Gasteiger partial charge on any atom is -0.257 e. The van der Waals surface area contributed by atoms with Crippen molar-refractivity contribution in [3.63, 3.8) is 0 Å². The lowest BCUT2D eigenvalue weighted by Gasteiger charge is -2.18. The second-order valence-corrected chi connectivity index (χ2v) is 8.29. The number of benzene rings is 2. The lowest BCUT2D eigenvalue weighted by Crippen LogP contribution is -2.18.